The van der Waals surface area contributed by atoms with Gasteiger partial charge in [0.15, 0.2) is 0 Å². The Hall–Kier alpha value is -1.60. The molecule has 0 saturated carbocycles. The lowest BCUT2D eigenvalue weighted by Gasteiger charge is -2.24. The average molecular weight is 289 g/mol. The highest BCUT2D eigenvalue weighted by atomic mass is 16.6. The third-order valence-corrected chi connectivity index (χ3v) is 2.09. The summed E-state index contributed by atoms with van der Waals surface area (Å²) in [4.78, 5) is 23.0. The van der Waals surface area contributed by atoms with Crippen LogP contribution in [0.3, 0.4) is 0 Å². The molecule has 2 unspecified atom stereocenters. The molecule has 116 valence electrons. The van der Waals surface area contributed by atoms with Crippen LogP contribution in [0.4, 0.5) is 4.79 Å². The van der Waals surface area contributed by atoms with Gasteiger partial charge in [-0.2, -0.15) is 0 Å². The molecule has 0 spiro atoms. The summed E-state index contributed by atoms with van der Waals surface area (Å²) in [6.07, 6.45) is -1.00. The topological polar surface area (TPSA) is 105 Å². The molecule has 0 aliphatic carbocycles. The van der Waals surface area contributed by atoms with Crippen molar-refractivity contribution in [2.45, 2.75) is 44.9 Å². The molecule has 0 aromatic rings. The number of nitrogens with one attached hydrogen (secondary N) is 1. The quantitative estimate of drug-likeness (QED) is 0.461. The summed E-state index contributed by atoms with van der Waals surface area (Å²) in [5.41, 5.74) is -0.671. The molecule has 0 bridgehead atoms. The molecule has 0 saturated heterocycles. The molecule has 0 heterocycles. The summed E-state index contributed by atoms with van der Waals surface area (Å²) in [7, 11) is 0. The van der Waals surface area contributed by atoms with Crippen molar-refractivity contribution in [1.82, 2.24) is 5.32 Å². The van der Waals surface area contributed by atoms with E-state index in [9.17, 15) is 14.7 Å². The van der Waals surface area contributed by atoms with Crippen LogP contribution in [-0.2, 0) is 14.3 Å². The van der Waals surface area contributed by atoms with E-state index in [-0.39, 0.29) is 13.0 Å². The Morgan fingerprint density at radius 1 is 1.40 bits per heavy atom. The third-order valence-electron chi connectivity index (χ3n) is 2.09. The second kappa shape index (κ2) is 8.55. The first-order valence-corrected chi connectivity index (χ1v) is 6.24. The zero-order chi connectivity index (χ0) is 15.8. The molecule has 0 radical (unpaired) electrons. The molecular weight excluding hydrogens is 266 g/mol. The number of hydrogen-bond acceptors (Lipinski definition) is 6. The van der Waals surface area contributed by atoms with Crippen molar-refractivity contribution < 1.29 is 29.3 Å². The highest BCUT2D eigenvalue weighted by Gasteiger charge is 2.27. The Balaban J connectivity index is 4.53. The number of ether oxygens (including phenoxy) is 2. The van der Waals surface area contributed by atoms with Crippen molar-refractivity contribution in [2.24, 2.45) is 0 Å². The van der Waals surface area contributed by atoms with E-state index in [0.717, 1.165) is 0 Å². The van der Waals surface area contributed by atoms with Crippen LogP contribution in [-0.4, -0.2) is 53.2 Å². The molecule has 0 aliphatic heterocycles. The first kappa shape index (κ1) is 18.4. The molecule has 0 aromatic heterocycles. The van der Waals surface area contributed by atoms with E-state index in [1.807, 2.05) is 0 Å². The summed E-state index contributed by atoms with van der Waals surface area (Å²) in [6, 6.07) is -0.993. The van der Waals surface area contributed by atoms with Gasteiger partial charge in [-0.05, 0) is 20.8 Å². The molecule has 20 heavy (non-hydrogen) atoms. The number of hydrogen-bond donors (Lipinski definition) is 3. The van der Waals surface area contributed by atoms with Crippen molar-refractivity contribution in [2.75, 3.05) is 13.2 Å². The van der Waals surface area contributed by atoms with Gasteiger partial charge in [-0.15, -0.1) is 0 Å². The number of rotatable bonds is 7. The zero-order valence-electron chi connectivity index (χ0n) is 12.1. The maximum absolute atomic E-state index is 11.7. The molecule has 0 aliphatic rings. The van der Waals surface area contributed by atoms with Crippen LogP contribution in [0.15, 0.2) is 12.7 Å². The van der Waals surface area contributed by atoms with E-state index in [1.165, 1.54) is 6.08 Å². The molecule has 0 aromatic carbocycles. The number of esters is 1. The summed E-state index contributed by atoms with van der Waals surface area (Å²) in [5, 5.41) is 20.8. The van der Waals surface area contributed by atoms with E-state index < -0.39 is 36.4 Å². The predicted octanol–water partition coefficient (Wildman–Crippen LogP) is 0.352. The molecular formula is C13H23NO6. The normalized spacial score (nSPS) is 14.1. The zero-order valence-corrected chi connectivity index (χ0v) is 12.1. The van der Waals surface area contributed by atoms with Gasteiger partial charge in [-0.25, -0.2) is 4.79 Å². The van der Waals surface area contributed by atoms with Crippen molar-refractivity contribution in [1.29, 1.82) is 0 Å². The average Bonchev–Trinajstić information content (AvgIpc) is 2.32. The second-order valence-electron chi connectivity index (χ2n) is 5.18. The van der Waals surface area contributed by atoms with Gasteiger partial charge in [0.05, 0.1) is 25.2 Å². The van der Waals surface area contributed by atoms with Gasteiger partial charge in [0, 0.05) is 0 Å². The largest absolute Gasteiger partial charge is 0.460 e. The number of alkyl carbamates (subject to hydrolysis) is 1. The van der Waals surface area contributed by atoms with E-state index in [0.29, 0.717) is 0 Å². The SMILES string of the molecule is C=CCOC(=O)NC(CC(=O)OC(C)(C)C)C(O)CO. The lowest BCUT2D eigenvalue weighted by atomic mass is 10.1. The van der Waals surface area contributed by atoms with Crippen LogP contribution in [0.1, 0.15) is 27.2 Å². The van der Waals surface area contributed by atoms with E-state index in [1.54, 1.807) is 20.8 Å². The second-order valence-corrected chi connectivity index (χ2v) is 5.18. The number of carbonyl (C=O) groups is 2. The summed E-state index contributed by atoms with van der Waals surface area (Å²) in [5.74, 6) is -0.598. The minimum atomic E-state index is -1.29. The van der Waals surface area contributed by atoms with Crippen molar-refractivity contribution >= 4 is 12.1 Å². The maximum atomic E-state index is 11.7. The van der Waals surface area contributed by atoms with Crippen LogP contribution in [0.2, 0.25) is 0 Å². The smallest absolute Gasteiger partial charge is 0.407 e. The Kier molecular flexibility index (Phi) is 7.86. The van der Waals surface area contributed by atoms with E-state index >= 15 is 0 Å². The first-order valence-electron chi connectivity index (χ1n) is 6.24. The van der Waals surface area contributed by atoms with Crippen LogP contribution < -0.4 is 5.32 Å². The minimum Gasteiger partial charge on any atom is -0.460 e. The molecule has 1 amide bonds. The monoisotopic (exact) mass is 289 g/mol. The lowest BCUT2D eigenvalue weighted by Crippen LogP contribution is -2.47. The fourth-order valence-electron chi connectivity index (χ4n) is 1.30. The van der Waals surface area contributed by atoms with Gasteiger partial charge in [-0.3, -0.25) is 4.79 Å². The van der Waals surface area contributed by atoms with Gasteiger partial charge in [0.25, 0.3) is 0 Å². The number of aliphatic hydroxyl groups excluding tert-OH is 2. The van der Waals surface area contributed by atoms with Crippen LogP contribution in [0, 0.1) is 0 Å². The van der Waals surface area contributed by atoms with Crippen molar-refractivity contribution in [3.8, 4) is 0 Å². The van der Waals surface area contributed by atoms with Crippen LogP contribution in [0.5, 0.6) is 0 Å². The number of amides is 1. The number of aliphatic hydroxyl groups is 2. The van der Waals surface area contributed by atoms with Gasteiger partial charge < -0.3 is 25.0 Å². The minimum absolute atomic E-state index is 0.000209. The van der Waals surface area contributed by atoms with Gasteiger partial charge >= 0.3 is 12.1 Å². The third kappa shape index (κ3) is 8.49. The predicted molar refractivity (Wildman–Crippen MR) is 72.0 cm³/mol. The molecule has 7 nitrogen and oxygen atoms in total. The standard InChI is InChI=1S/C13H23NO6/c1-5-6-19-12(18)14-9(10(16)8-15)7-11(17)20-13(2,3)4/h5,9-10,15-16H,1,6-8H2,2-4H3,(H,14,18). The Morgan fingerprint density at radius 3 is 2.45 bits per heavy atom. The van der Waals surface area contributed by atoms with E-state index in [2.05, 4.69) is 16.6 Å². The summed E-state index contributed by atoms with van der Waals surface area (Å²) >= 11 is 0. The molecule has 3 N–H and O–H groups in total. The lowest BCUT2D eigenvalue weighted by molar-refractivity contribution is -0.156. The summed E-state index contributed by atoms with van der Waals surface area (Å²) in [6.45, 7) is 7.89. The fraction of sp³-hybridized carbons (Fsp3) is 0.692. The van der Waals surface area contributed by atoms with Gasteiger partial charge in [0.1, 0.15) is 12.2 Å². The maximum Gasteiger partial charge on any atom is 0.407 e. The fourth-order valence-corrected chi connectivity index (χ4v) is 1.30. The molecule has 0 fully saturated rings. The number of carbonyl (C=O) groups excluding carboxylic acids is 2. The Labute approximate surface area is 118 Å². The van der Waals surface area contributed by atoms with E-state index in [4.69, 9.17) is 9.84 Å². The van der Waals surface area contributed by atoms with Gasteiger partial charge in [-0.1, -0.05) is 12.7 Å². The van der Waals surface area contributed by atoms with Crippen LogP contribution >= 0.6 is 0 Å². The van der Waals surface area contributed by atoms with Crippen molar-refractivity contribution in [3.05, 3.63) is 12.7 Å². The Bertz CT molecular complexity index is 336. The van der Waals surface area contributed by atoms with Crippen LogP contribution in [0.25, 0.3) is 0 Å². The Morgan fingerprint density at radius 2 is 2.00 bits per heavy atom. The molecule has 7 heteroatoms. The summed E-state index contributed by atoms with van der Waals surface area (Å²) < 4.78 is 9.77. The highest BCUT2D eigenvalue weighted by molar-refractivity contribution is 5.73. The van der Waals surface area contributed by atoms with Gasteiger partial charge in [0.2, 0.25) is 0 Å². The molecule has 2 atom stereocenters. The van der Waals surface area contributed by atoms with Crippen molar-refractivity contribution in [3.63, 3.8) is 0 Å². The highest BCUT2D eigenvalue weighted by Crippen LogP contribution is 2.10. The first-order chi connectivity index (χ1) is 9.19. The molecule has 0 rings (SSSR count).